The van der Waals surface area contributed by atoms with Gasteiger partial charge in [-0.05, 0) is 18.4 Å². The van der Waals surface area contributed by atoms with Crippen molar-refractivity contribution in [3.05, 3.63) is 35.9 Å². The highest BCUT2D eigenvalue weighted by molar-refractivity contribution is 5.94. The van der Waals surface area contributed by atoms with Gasteiger partial charge in [-0.25, -0.2) is 0 Å². The zero-order chi connectivity index (χ0) is 16.6. The Hall–Kier alpha value is -2.37. The van der Waals surface area contributed by atoms with Crippen molar-refractivity contribution in [1.29, 1.82) is 0 Å². The zero-order valence-corrected chi connectivity index (χ0v) is 12.6. The molecule has 1 heterocycles. The molecule has 2 fully saturated rings. The number of hydrogen-bond donors (Lipinski definition) is 2. The number of aliphatic carboxylic acids is 2. The molecule has 3 rings (SSSR count). The fourth-order valence-electron chi connectivity index (χ4n) is 4.24. The van der Waals surface area contributed by atoms with Crippen molar-refractivity contribution in [3.8, 4) is 0 Å². The van der Waals surface area contributed by atoms with Crippen LogP contribution in [0.3, 0.4) is 0 Å². The molecule has 1 saturated heterocycles. The molecular formula is C17H19NO5. The van der Waals surface area contributed by atoms with Crippen molar-refractivity contribution in [2.75, 3.05) is 0 Å². The SMILES string of the molecule is O=C(O)C[C@@H]1C(=O)N(Cc2ccccc2)[C@H]2CCC[C@@]12C(=O)O. The Balaban J connectivity index is 1.97. The molecule has 6 nitrogen and oxygen atoms in total. The van der Waals surface area contributed by atoms with Gasteiger partial charge in [0.25, 0.3) is 0 Å². The van der Waals surface area contributed by atoms with Gasteiger partial charge in [0.2, 0.25) is 5.91 Å². The van der Waals surface area contributed by atoms with Gasteiger partial charge in [0.1, 0.15) is 5.41 Å². The van der Waals surface area contributed by atoms with E-state index in [4.69, 9.17) is 5.11 Å². The Labute approximate surface area is 133 Å². The van der Waals surface area contributed by atoms with E-state index in [1.54, 1.807) is 4.90 Å². The van der Waals surface area contributed by atoms with Crippen LogP contribution in [-0.2, 0) is 20.9 Å². The summed E-state index contributed by atoms with van der Waals surface area (Å²) in [6.45, 7) is 0.329. The number of rotatable bonds is 5. The zero-order valence-electron chi connectivity index (χ0n) is 12.6. The van der Waals surface area contributed by atoms with Crippen LogP contribution in [0.25, 0.3) is 0 Å². The highest BCUT2D eigenvalue weighted by Crippen LogP contribution is 2.54. The highest BCUT2D eigenvalue weighted by Gasteiger charge is 2.65. The first kappa shape index (κ1) is 15.5. The van der Waals surface area contributed by atoms with Crippen molar-refractivity contribution in [3.63, 3.8) is 0 Å². The first-order valence-electron chi connectivity index (χ1n) is 7.76. The second-order valence-corrected chi connectivity index (χ2v) is 6.36. The number of likely N-dealkylation sites (tertiary alicyclic amines) is 1. The number of carbonyl (C=O) groups excluding carboxylic acids is 1. The molecule has 0 radical (unpaired) electrons. The summed E-state index contributed by atoms with van der Waals surface area (Å²) in [4.78, 5) is 37.5. The summed E-state index contributed by atoms with van der Waals surface area (Å²) in [6, 6.07) is 8.95. The number of nitrogens with zero attached hydrogens (tertiary/aromatic N) is 1. The van der Waals surface area contributed by atoms with Crippen LogP contribution in [0.5, 0.6) is 0 Å². The largest absolute Gasteiger partial charge is 0.481 e. The molecule has 0 unspecified atom stereocenters. The average Bonchev–Trinajstić information content (AvgIpc) is 3.03. The molecule has 1 aliphatic heterocycles. The van der Waals surface area contributed by atoms with Crippen LogP contribution in [-0.4, -0.2) is 39.0 Å². The molecule has 1 saturated carbocycles. The summed E-state index contributed by atoms with van der Waals surface area (Å²) in [5.74, 6) is -3.50. The van der Waals surface area contributed by atoms with Gasteiger partial charge >= 0.3 is 11.9 Å². The van der Waals surface area contributed by atoms with E-state index in [1.807, 2.05) is 30.3 Å². The number of carboxylic acids is 2. The molecule has 6 heteroatoms. The summed E-state index contributed by atoms with van der Waals surface area (Å²) >= 11 is 0. The molecule has 1 aromatic carbocycles. The molecule has 1 aliphatic carbocycles. The van der Waals surface area contributed by atoms with Crippen LogP contribution in [0.1, 0.15) is 31.2 Å². The predicted octanol–water partition coefficient (Wildman–Crippen LogP) is 1.74. The van der Waals surface area contributed by atoms with Crippen molar-refractivity contribution < 1.29 is 24.6 Å². The van der Waals surface area contributed by atoms with Gasteiger partial charge in [0.05, 0.1) is 12.3 Å². The molecule has 2 aliphatic rings. The minimum atomic E-state index is -1.26. The van der Waals surface area contributed by atoms with E-state index in [-0.39, 0.29) is 5.91 Å². The second kappa shape index (κ2) is 5.68. The molecule has 2 N–H and O–H groups in total. The summed E-state index contributed by atoms with van der Waals surface area (Å²) in [5, 5.41) is 18.9. The van der Waals surface area contributed by atoms with Crippen LogP contribution >= 0.6 is 0 Å². The molecule has 122 valence electrons. The Bertz CT molecular complexity index is 644. The smallest absolute Gasteiger partial charge is 0.312 e. The molecule has 3 atom stereocenters. The van der Waals surface area contributed by atoms with Crippen molar-refractivity contribution in [1.82, 2.24) is 4.90 Å². The fourth-order valence-corrected chi connectivity index (χ4v) is 4.24. The lowest BCUT2D eigenvalue weighted by Crippen LogP contribution is -2.43. The number of hydrogen-bond acceptors (Lipinski definition) is 3. The van der Waals surface area contributed by atoms with Crippen LogP contribution in [0.4, 0.5) is 0 Å². The third kappa shape index (κ3) is 2.38. The third-order valence-corrected chi connectivity index (χ3v) is 5.21. The number of fused-ring (bicyclic) bond motifs is 1. The summed E-state index contributed by atoms with van der Waals surface area (Å²) in [6.07, 6.45) is 1.25. The number of carboxylic acid groups (broad SMARTS) is 2. The minimum Gasteiger partial charge on any atom is -0.481 e. The Morgan fingerprint density at radius 1 is 1.22 bits per heavy atom. The summed E-state index contributed by atoms with van der Waals surface area (Å²) in [5.41, 5.74) is -0.340. The molecule has 0 bridgehead atoms. The lowest BCUT2D eigenvalue weighted by Gasteiger charge is -2.30. The highest BCUT2D eigenvalue weighted by atomic mass is 16.4. The minimum absolute atomic E-state index is 0.329. The number of carbonyl (C=O) groups is 3. The van der Waals surface area contributed by atoms with Gasteiger partial charge in [0, 0.05) is 12.6 Å². The van der Waals surface area contributed by atoms with Crippen molar-refractivity contribution >= 4 is 17.8 Å². The van der Waals surface area contributed by atoms with E-state index >= 15 is 0 Å². The maximum Gasteiger partial charge on any atom is 0.312 e. The molecule has 1 aromatic rings. The number of amides is 1. The van der Waals surface area contributed by atoms with Gasteiger partial charge in [-0.3, -0.25) is 14.4 Å². The quantitative estimate of drug-likeness (QED) is 0.862. The van der Waals surface area contributed by atoms with Gasteiger partial charge in [-0.2, -0.15) is 0 Å². The Morgan fingerprint density at radius 3 is 2.52 bits per heavy atom. The molecule has 23 heavy (non-hydrogen) atoms. The monoisotopic (exact) mass is 317 g/mol. The van der Waals surface area contributed by atoms with Gasteiger partial charge in [-0.1, -0.05) is 36.8 Å². The Morgan fingerprint density at radius 2 is 1.91 bits per heavy atom. The number of benzene rings is 1. The van der Waals surface area contributed by atoms with Crippen molar-refractivity contribution in [2.45, 2.75) is 38.3 Å². The molecular weight excluding hydrogens is 298 g/mol. The van der Waals surface area contributed by atoms with E-state index in [0.29, 0.717) is 25.8 Å². The molecule has 0 spiro atoms. The topological polar surface area (TPSA) is 94.9 Å². The van der Waals surface area contributed by atoms with Gasteiger partial charge in [-0.15, -0.1) is 0 Å². The van der Waals surface area contributed by atoms with E-state index in [9.17, 15) is 19.5 Å². The predicted molar refractivity (Wildman–Crippen MR) is 80.4 cm³/mol. The Kier molecular flexibility index (Phi) is 3.83. The summed E-state index contributed by atoms with van der Waals surface area (Å²) < 4.78 is 0. The van der Waals surface area contributed by atoms with E-state index in [1.165, 1.54) is 0 Å². The van der Waals surface area contributed by atoms with Gasteiger partial charge in [0.15, 0.2) is 0 Å². The van der Waals surface area contributed by atoms with Crippen LogP contribution in [0.2, 0.25) is 0 Å². The van der Waals surface area contributed by atoms with E-state index < -0.39 is 35.7 Å². The van der Waals surface area contributed by atoms with Crippen LogP contribution in [0.15, 0.2) is 30.3 Å². The fraction of sp³-hybridized carbons (Fsp3) is 0.471. The second-order valence-electron chi connectivity index (χ2n) is 6.36. The van der Waals surface area contributed by atoms with Crippen LogP contribution in [0, 0.1) is 11.3 Å². The molecule has 1 amide bonds. The lowest BCUT2D eigenvalue weighted by molar-refractivity contribution is -0.155. The van der Waals surface area contributed by atoms with E-state index in [2.05, 4.69) is 0 Å². The van der Waals surface area contributed by atoms with Crippen LogP contribution < -0.4 is 0 Å². The molecule has 0 aromatic heterocycles. The van der Waals surface area contributed by atoms with Crippen molar-refractivity contribution in [2.24, 2.45) is 11.3 Å². The average molecular weight is 317 g/mol. The first-order valence-corrected chi connectivity index (χ1v) is 7.76. The maximum atomic E-state index is 12.8. The van der Waals surface area contributed by atoms with Gasteiger partial charge < -0.3 is 15.1 Å². The normalized spacial score (nSPS) is 29.6. The van der Waals surface area contributed by atoms with E-state index in [0.717, 1.165) is 5.56 Å². The lowest BCUT2D eigenvalue weighted by atomic mass is 9.72. The summed E-state index contributed by atoms with van der Waals surface area (Å²) in [7, 11) is 0. The standard InChI is InChI=1S/C17H19NO5/c19-14(20)9-12-15(21)18(10-11-5-2-1-3-6-11)13-7-4-8-17(12,13)16(22)23/h1-3,5-6,12-13H,4,7-10H2,(H,19,20)(H,22,23)/t12-,13+,17-/m1/s1. The first-order chi connectivity index (χ1) is 11.0. The third-order valence-electron chi connectivity index (χ3n) is 5.21. The maximum absolute atomic E-state index is 12.8.